The molecule has 86 valence electrons. The van der Waals surface area contributed by atoms with Crippen molar-refractivity contribution in [1.29, 1.82) is 0 Å². The molecule has 0 unspecified atom stereocenters. The second-order valence-electron chi connectivity index (χ2n) is 3.86. The van der Waals surface area contributed by atoms with Gasteiger partial charge in [0.15, 0.2) is 5.82 Å². The largest absolute Gasteiger partial charge is 0.377 e. The molecular formula is C10H10F2N2O2. The van der Waals surface area contributed by atoms with E-state index >= 15 is 0 Å². The van der Waals surface area contributed by atoms with E-state index in [2.05, 4.69) is 5.32 Å². The minimum Gasteiger partial charge on any atom is -0.377 e. The van der Waals surface area contributed by atoms with Crippen molar-refractivity contribution in [3.8, 4) is 0 Å². The van der Waals surface area contributed by atoms with Gasteiger partial charge in [-0.25, -0.2) is 8.78 Å². The molecule has 1 fully saturated rings. The lowest BCUT2D eigenvalue weighted by Gasteiger charge is -2.07. The van der Waals surface area contributed by atoms with Gasteiger partial charge in [0.05, 0.1) is 11.0 Å². The van der Waals surface area contributed by atoms with Crippen LogP contribution in [0.4, 0.5) is 20.2 Å². The minimum atomic E-state index is -0.943. The lowest BCUT2D eigenvalue weighted by molar-refractivity contribution is -0.384. The molecule has 1 aromatic rings. The second kappa shape index (κ2) is 4.03. The number of hydrogen-bond donors (Lipinski definition) is 1. The quantitative estimate of drug-likeness (QED) is 0.636. The Labute approximate surface area is 90.4 Å². The molecule has 0 atom stereocenters. The van der Waals surface area contributed by atoms with Crippen LogP contribution in [0.3, 0.4) is 0 Å². The minimum absolute atomic E-state index is 0.224. The highest BCUT2D eigenvalue weighted by molar-refractivity contribution is 5.62. The molecule has 1 aromatic carbocycles. The van der Waals surface area contributed by atoms with E-state index < -0.39 is 22.2 Å². The van der Waals surface area contributed by atoms with Crippen molar-refractivity contribution in [3.05, 3.63) is 33.9 Å². The Morgan fingerprint density at radius 3 is 2.69 bits per heavy atom. The summed E-state index contributed by atoms with van der Waals surface area (Å²) in [6.45, 7) is 0.489. The molecule has 6 heteroatoms. The van der Waals surface area contributed by atoms with Gasteiger partial charge in [0.2, 0.25) is 0 Å². The smallest absolute Gasteiger partial charge is 0.298 e. The third-order valence-corrected chi connectivity index (χ3v) is 2.50. The van der Waals surface area contributed by atoms with E-state index in [1.807, 2.05) is 0 Å². The van der Waals surface area contributed by atoms with Gasteiger partial charge in [-0.2, -0.15) is 0 Å². The maximum atomic E-state index is 13.3. The molecule has 1 aliphatic carbocycles. The topological polar surface area (TPSA) is 55.2 Å². The van der Waals surface area contributed by atoms with Crippen molar-refractivity contribution in [1.82, 2.24) is 0 Å². The lowest BCUT2D eigenvalue weighted by atomic mass is 10.2. The van der Waals surface area contributed by atoms with Crippen molar-refractivity contribution in [3.63, 3.8) is 0 Å². The van der Waals surface area contributed by atoms with Crippen LogP contribution >= 0.6 is 0 Å². The Hall–Kier alpha value is -1.72. The van der Waals surface area contributed by atoms with Crippen molar-refractivity contribution < 1.29 is 13.7 Å². The maximum Gasteiger partial charge on any atom is 0.298 e. The summed E-state index contributed by atoms with van der Waals surface area (Å²) in [7, 11) is 0. The van der Waals surface area contributed by atoms with E-state index in [0.29, 0.717) is 18.5 Å². The molecule has 0 radical (unpaired) electrons. The standard InChI is InChI=1S/C10H10F2N2O2/c11-7-3-8(12)10(9(4-7)14(15)16)13-5-6-1-2-6/h3-4,6,13H,1-2,5H2. The Morgan fingerprint density at radius 1 is 1.44 bits per heavy atom. The Kier molecular flexibility index (Phi) is 2.72. The number of halogens is 2. The van der Waals surface area contributed by atoms with Gasteiger partial charge >= 0.3 is 0 Å². The number of nitro groups is 1. The number of nitrogens with one attached hydrogen (secondary N) is 1. The fourth-order valence-electron chi connectivity index (χ4n) is 1.45. The van der Waals surface area contributed by atoms with E-state index in [-0.39, 0.29) is 5.69 Å². The Bertz CT molecular complexity index is 433. The summed E-state index contributed by atoms with van der Waals surface area (Å²) in [6.07, 6.45) is 2.09. The molecule has 0 saturated heterocycles. The molecule has 0 bridgehead atoms. The van der Waals surface area contributed by atoms with Crippen molar-refractivity contribution in [2.45, 2.75) is 12.8 Å². The normalized spacial score (nSPS) is 14.9. The van der Waals surface area contributed by atoms with Crippen LogP contribution in [0.25, 0.3) is 0 Å². The third kappa shape index (κ3) is 2.26. The lowest BCUT2D eigenvalue weighted by Crippen LogP contribution is -2.08. The van der Waals surface area contributed by atoms with E-state index in [1.165, 1.54) is 0 Å². The zero-order valence-corrected chi connectivity index (χ0v) is 8.37. The first-order valence-corrected chi connectivity index (χ1v) is 4.95. The zero-order valence-electron chi connectivity index (χ0n) is 8.37. The number of nitrogens with zero attached hydrogens (tertiary/aromatic N) is 1. The fourth-order valence-corrected chi connectivity index (χ4v) is 1.45. The number of rotatable bonds is 4. The molecule has 0 aromatic heterocycles. The van der Waals surface area contributed by atoms with Crippen molar-refractivity contribution >= 4 is 11.4 Å². The molecule has 2 rings (SSSR count). The van der Waals surface area contributed by atoms with Gasteiger partial charge in [-0.15, -0.1) is 0 Å². The molecular weight excluding hydrogens is 218 g/mol. The molecule has 4 nitrogen and oxygen atoms in total. The highest BCUT2D eigenvalue weighted by atomic mass is 19.1. The molecule has 0 amide bonds. The first-order valence-electron chi connectivity index (χ1n) is 4.95. The monoisotopic (exact) mass is 228 g/mol. The van der Waals surface area contributed by atoms with E-state index in [0.717, 1.165) is 18.9 Å². The van der Waals surface area contributed by atoms with Crippen LogP contribution in [0.1, 0.15) is 12.8 Å². The molecule has 16 heavy (non-hydrogen) atoms. The molecule has 1 saturated carbocycles. The number of hydrogen-bond acceptors (Lipinski definition) is 3. The van der Waals surface area contributed by atoms with Crippen LogP contribution in [-0.4, -0.2) is 11.5 Å². The zero-order chi connectivity index (χ0) is 11.7. The van der Waals surface area contributed by atoms with Gasteiger partial charge in [0.25, 0.3) is 5.69 Å². The van der Waals surface area contributed by atoms with Crippen molar-refractivity contribution in [2.24, 2.45) is 5.92 Å². The molecule has 0 aliphatic heterocycles. The average Bonchev–Trinajstić information content (AvgIpc) is 2.98. The Morgan fingerprint density at radius 2 is 2.12 bits per heavy atom. The van der Waals surface area contributed by atoms with Gasteiger partial charge < -0.3 is 5.32 Å². The second-order valence-corrected chi connectivity index (χ2v) is 3.86. The summed E-state index contributed by atoms with van der Waals surface area (Å²) in [4.78, 5) is 9.83. The van der Waals surface area contributed by atoms with Gasteiger partial charge in [-0.3, -0.25) is 10.1 Å². The third-order valence-electron chi connectivity index (χ3n) is 2.50. The van der Waals surface area contributed by atoms with Gasteiger partial charge in [-0.05, 0) is 18.8 Å². The first kappa shape index (κ1) is 10.8. The molecule has 0 spiro atoms. The number of nitro benzene ring substituents is 1. The summed E-state index contributed by atoms with van der Waals surface area (Å²) < 4.78 is 26.1. The summed E-state index contributed by atoms with van der Waals surface area (Å²) in [5.41, 5.74) is -0.781. The first-order chi connectivity index (χ1) is 7.58. The predicted octanol–water partition coefficient (Wildman–Crippen LogP) is 2.69. The summed E-state index contributed by atoms with van der Waals surface area (Å²) in [5.74, 6) is -1.42. The molecule has 1 aliphatic rings. The van der Waals surface area contributed by atoms with Crippen LogP contribution in [0.15, 0.2) is 12.1 Å². The highest BCUT2D eigenvalue weighted by Gasteiger charge is 2.25. The van der Waals surface area contributed by atoms with Gasteiger partial charge in [-0.1, -0.05) is 0 Å². The summed E-state index contributed by atoms with van der Waals surface area (Å²) in [5, 5.41) is 13.3. The van der Waals surface area contributed by atoms with Crippen LogP contribution < -0.4 is 5.32 Å². The van der Waals surface area contributed by atoms with Crippen LogP contribution in [-0.2, 0) is 0 Å². The van der Waals surface area contributed by atoms with E-state index in [9.17, 15) is 18.9 Å². The molecule has 1 N–H and O–H groups in total. The van der Waals surface area contributed by atoms with Gasteiger partial charge in [0, 0.05) is 12.6 Å². The SMILES string of the molecule is O=[N+]([O-])c1cc(F)cc(F)c1NCC1CC1. The highest BCUT2D eigenvalue weighted by Crippen LogP contribution is 2.32. The number of benzene rings is 1. The number of anilines is 1. The van der Waals surface area contributed by atoms with Crippen LogP contribution in [0.2, 0.25) is 0 Å². The van der Waals surface area contributed by atoms with Gasteiger partial charge in [0.1, 0.15) is 11.5 Å². The van der Waals surface area contributed by atoms with Crippen molar-refractivity contribution in [2.75, 3.05) is 11.9 Å². The van der Waals surface area contributed by atoms with Crippen LogP contribution in [0, 0.1) is 27.7 Å². The maximum absolute atomic E-state index is 13.3. The van der Waals surface area contributed by atoms with E-state index in [1.54, 1.807) is 0 Å². The Balaban J connectivity index is 2.27. The fraction of sp³-hybridized carbons (Fsp3) is 0.400. The predicted molar refractivity (Wildman–Crippen MR) is 54.2 cm³/mol. The summed E-state index contributed by atoms with van der Waals surface area (Å²) >= 11 is 0. The average molecular weight is 228 g/mol. The summed E-state index contributed by atoms with van der Waals surface area (Å²) in [6, 6.07) is 1.36. The van der Waals surface area contributed by atoms with E-state index in [4.69, 9.17) is 0 Å². The molecule has 0 heterocycles. The van der Waals surface area contributed by atoms with Crippen LogP contribution in [0.5, 0.6) is 0 Å².